The molecule has 2 unspecified atom stereocenters. The van der Waals surface area contributed by atoms with E-state index in [9.17, 15) is 0 Å². The summed E-state index contributed by atoms with van der Waals surface area (Å²) in [6.07, 6.45) is 4.55. The highest BCUT2D eigenvalue weighted by Gasteiger charge is 2.25. The fourth-order valence-corrected chi connectivity index (χ4v) is 2.96. The summed E-state index contributed by atoms with van der Waals surface area (Å²) in [4.78, 5) is 9.20. The zero-order chi connectivity index (χ0) is 15.2. The summed E-state index contributed by atoms with van der Waals surface area (Å²) in [5.74, 6) is 6.79. The minimum absolute atomic E-state index is 0.226. The summed E-state index contributed by atoms with van der Waals surface area (Å²) in [5.41, 5.74) is 2.97. The topological polar surface area (TPSA) is 75.2 Å². The summed E-state index contributed by atoms with van der Waals surface area (Å²) in [5, 5.41) is 4.29. The molecule has 21 heavy (non-hydrogen) atoms. The van der Waals surface area contributed by atoms with Crippen molar-refractivity contribution in [1.29, 1.82) is 0 Å². The molecular weight excluding hydrogens is 266 g/mol. The normalized spacial score (nSPS) is 22.6. The standard InChI is InChI=1S/C14H29N7/c1-4-5-21-14(16-11-17-21)9-12(18-15)8-13-10-19(2)6-7-20(13)3/h11-13,18H,4-10,15H2,1-3H3. The van der Waals surface area contributed by atoms with Gasteiger partial charge in [-0.25, -0.2) is 4.98 Å². The van der Waals surface area contributed by atoms with E-state index in [2.05, 4.69) is 46.3 Å². The molecule has 7 nitrogen and oxygen atoms in total. The van der Waals surface area contributed by atoms with E-state index >= 15 is 0 Å². The molecule has 0 saturated carbocycles. The number of rotatable bonds is 7. The maximum Gasteiger partial charge on any atom is 0.138 e. The zero-order valence-corrected chi connectivity index (χ0v) is 13.5. The molecule has 1 aliphatic rings. The molecule has 3 N–H and O–H groups in total. The minimum atomic E-state index is 0.226. The highest BCUT2D eigenvalue weighted by Crippen LogP contribution is 2.14. The van der Waals surface area contributed by atoms with Crippen LogP contribution in [-0.2, 0) is 13.0 Å². The molecule has 120 valence electrons. The highest BCUT2D eigenvalue weighted by atomic mass is 15.3. The number of nitrogens with zero attached hydrogens (tertiary/aromatic N) is 5. The second kappa shape index (κ2) is 7.84. The van der Waals surface area contributed by atoms with Gasteiger partial charge in [-0.1, -0.05) is 6.92 Å². The van der Waals surface area contributed by atoms with Crippen LogP contribution in [0, 0.1) is 0 Å². The third-order valence-corrected chi connectivity index (χ3v) is 4.33. The average molecular weight is 295 g/mol. The molecule has 0 radical (unpaired) electrons. The molecule has 0 spiro atoms. The lowest BCUT2D eigenvalue weighted by Gasteiger charge is -2.39. The van der Waals surface area contributed by atoms with Gasteiger partial charge >= 0.3 is 0 Å². The Morgan fingerprint density at radius 2 is 2.24 bits per heavy atom. The maximum atomic E-state index is 5.77. The van der Waals surface area contributed by atoms with Gasteiger partial charge in [0, 0.05) is 44.7 Å². The molecule has 1 fully saturated rings. The number of piperazine rings is 1. The van der Waals surface area contributed by atoms with E-state index < -0.39 is 0 Å². The predicted octanol–water partition coefficient (Wildman–Crippen LogP) is -0.302. The number of aryl methyl sites for hydroxylation is 1. The van der Waals surface area contributed by atoms with E-state index in [0.717, 1.165) is 51.3 Å². The number of nitrogens with two attached hydrogens (primary N) is 1. The lowest BCUT2D eigenvalue weighted by Crippen LogP contribution is -2.53. The van der Waals surface area contributed by atoms with Gasteiger partial charge in [-0.15, -0.1) is 0 Å². The quantitative estimate of drug-likeness (QED) is 0.531. The van der Waals surface area contributed by atoms with E-state index in [-0.39, 0.29) is 6.04 Å². The summed E-state index contributed by atoms with van der Waals surface area (Å²) >= 11 is 0. The monoisotopic (exact) mass is 295 g/mol. The number of hydrazine groups is 1. The smallest absolute Gasteiger partial charge is 0.138 e. The SMILES string of the molecule is CCCn1ncnc1CC(CC1CN(C)CCN1C)NN. The van der Waals surface area contributed by atoms with Crippen molar-refractivity contribution in [2.24, 2.45) is 5.84 Å². The molecule has 0 aromatic carbocycles. The van der Waals surface area contributed by atoms with Crippen LogP contribution in [0.2, 0.25) is 0 Å². The van der Waals surface area contributed by atoms with Crippen molar-refractivity contribution in [2.45, 2.75) is 44.8 Å². The van der Waals surface area contributed by atoms with Crippen LogP contribution in [0.15, 0.2) is 6.33 Å². The van der Waals surface area contributed by atoms with Gasteiger partial charge in [0.25, 0.3) is 0 Å². The number of aromatic nitrogens is 3. The molecule has 2 atom stereocenters. The fraction of sp³-hybridized carbons (Fsp3) is 0.857. The highest BCUT2D eigenvalue weighted by molar-refractivity contribution is 4.92. The van der Waals surface area contributed by atoms with E-state index in [1.807, 2.05) is 4.68 Å². The van der Waals surface area contributed by atoms with Gasteiger partial charge in [0.1, 0.15) is 12.2 Å². The summed E-state index contributed by atoms with van der Waals surface area (Å²) < 4.78 is 1.99. The van der Waals surface area contributed by atoms with Gasteiger partial charge in [0.05, 0.1) is 0 Å². The largest absolute Gasteiger partial charge is 0.304 e. The molecule has 0 amide bonds. The summed E-state index contributed by atoms with van der Waals surface area (Å²) in [7, 11) is 4.38. The van der Waals surface area contributed by atoms with Crippen molar-refractivity contribution in [2.75, 3.05) is 33.7 Å². The number of hydrogen-bond donors (Lipinski definition) is 2. The van der Waals surface area contributed by atoms with E-state index in [4.69, 9.17) is 5.84 Å². The van der Waals surface area contributed by atoms with Crippen LogP contribution in [0.3, 0.4) is 0 Å². The first-order valence-corrected chi connectivity index (χ1v) is 7.85. The lowest BCUT2D eigenvalue weighted by atomic mass is 10.0. The second-order valence-electron chi connectivity index (χ2n) is 6.10. The van der Waals surface area contributed by atoms with Crippen molar-refractivity contribution in [3.8, 4) is 0 Å². The van der Waals surface area contributed by atoms with Crippen LogP contribution < -0.4 is 11.3 Å². The van der Waals surface area contributed by atoms with Crippen molar-refractivity contribution in [3.05, 3.63) is 12.2 Å². The molecule has 1 aliphatic heterocycles. The second-order valence-corrected chi connectivity index (χ2v) is 6.10. The van der Waals surface area contributed by atoms with Crippen molar-refractivity contribution >= 4 is 0 Å². The Morgan fingerprint density at radius 1 is 1.43 bits per heavy atom. The van der Waals surface area contributed by atoms with Crippen molar-refractivity contribution < 1.29 is 0 Å². The molecule has 7 heteroatoms. The van der Waals surface area contributed by atoms with Gasteiger partial charge < -0.3 is 9.80 Å². The van der Waals surface area contributed by atoms with Gasteiger partial charge in [-0.05, 0) is 26.9 Å². The molecule has 1 aromatic rings. The molecule has 0 bridgehead atoms. The minimum Gasteiger partial charge on any atom is -0.304 e. The van der Waals surface area contributed by atoms with Crippen LogP contribution >= 0.6 is 0 Å². The maximum absolute atomic E-state index is 5.77. The van der Waals surface area contributed by atoms with E-state index in [1.165, 1.54) is 0 Å². The van der Waals surface area contributed by atoms with Crippen LogP contribution in [0.1, 0.15) is 25.6 Å². The first-order chi connectivity index (χ1) is 10.1. The Labute approximate surface area is 127 Å². The molecular formula is C14H29N7. The molecule has 1 aromatic heterocycles. The van der Waals surface area contributed by atoms with Crippen LogP contribution in [0.5, 0.6) is 0 Å². The first-order valence-electron chi connectivity index (χ1n) is 7.85. The molecule has 0 aliphatic carbocycles. The number of likely N-dealkylation sites (N-methyl/N-ethyl adjacent to an activating group) is 2. The van der Waals surface area contributed by atoms with Crippen molar-refractivity contribution in [1.82, 2.24) is 30.0 Å². The summed E-state index contributed by atoms with van der Waals surface area (Å²) in [6, 6.07) is 0.760. The van der Waals surface area contributed by atoms with Gasteiger partial charge in [-0.3, -0.25) is 16.0 Å². The van der Waals surface area contributed by atoms with Gasteiger partial charge in [0.2, 0.25) is 0 Å². The predicted molar refractivity (Wildman–Crippen MR) is 83.7 cm³/mol. The Balaban J connectivity index is 1.94. The van der Waals surface area contributed by atoms with Crippen LogP contribution in [0.4, 0.5) is 0 Å². The fourth-order valence-electron chi connectivity index (χ4n) is 2.96. The third-order valence-electron chi connectivity index (χ3n) is 4.33. The molecule has 2 rings (SSSR count). The summed E-state index contributed by atoms with van der Waals surface area (Å²) in [6.45, 7) is 6.41. The Morgan fingerprint density at radius 3 is 2.95 bits per heavy atom. The molecule has 1 saturated heterocycles. The molecule has 2 heterocycles. The number of nitrogens with one attached hydrogen (secondary N) is 1. The third kappa shape index (κ3) is 4.47. The Hall–Kier alpha value is -1.02. The zero-order valence-electron chi connectivity index (χ0n) is 13.5. The number of hydrogen-bond acceptors (Lipinski definition) is 6. The van der Waals surface area contributed by atoms with Gasteiger partial charge in [-0.2, -0.15) is 5.10 Å². The van der Waals surface area contributed by atoms with E-state index in [0.29, 0.717) is 6.04 Å². The van der Waals surface area contributed by atoms with Crippen molar-refractivity contribution in [3.63, 3.8) is 0 Å². The Kier molecular flexibility index (Phi) is 6.10. The van der Waals surface area contributed by atoms with Gasteiger partial charge in [0.15, 0.2) is 0 Å². The average Bonchev–Trinajstić information content (AvgIpc) is 2.89. The van der Waals surface area contributed by atoms with Crippen LogP contribution in [-0.4, -0.2) is 70.4 Å². The van der Waals surface area contributed by atoms with E-state index in [1.54, 1.807) is 6.33 Å². The first kappa shape index (κ1) is 16.4. The Bertz CT molecular complexity index is 419. The van der Waals surface area contributed by atoms with Crippen LogP contribution in [0.25, 0.3) is 0 Å². The lowest BCUT2D eigenvalue weighted by molar-refractivity contribution is 0.101.